The Morgan fingerprint density at radius 3 is 2.08 bits per heavy atom. The van der Waals surface area contributed by atoms with Gasteiger partial charge in [0.15, 0.2) is 0 Å². The van der Waals surface area contributed by atoms with Crippen LogP contribution in [-0.4, -0.2) is 50.1 Å². The smallest absolute Gasteiger partial charge is 0.251 e. The second-order valence-corrected chi connectivity index (χ2v) is 6.45. The third kappa shape index (κ3) is 3.80. The van der Waals surface area contributed by atoms with Crippen molar-refractivity contribution in [2.45, 2.75) is 31.7 Å². The van der Waals surface area contributed by atoms with Crippen molar-refractivity contribution in [3.63, 3.8) is 0 Å². The van der Waals surface area contributed by atoms with Gasteiger partial charge in [-0.05, 0) is 37.8 Å². The van der Waals surface area contributed by atoms with Crippen LogP contribution in [0.15, 0.2) is 18.2 Å². The van der Waals surface area contributed by atoms with Crippen molar-refractivity contribution in [3.05, 3.63) is 23.8 Å². The number of ether oxygens (including phenoxy) is 2. The lowest BCUT2D eigenvalue weighted by molar-refractivity contribution is -0.133. The highest BCUT2D eigenvalue weighted by Gasteiger charge is 2.35. The molecule has 130 valence electrons. The highest BCUT2D eigenvalue weighted by atomic mass is 16.5. The Labute approximate surface area is 142 Å². The van der Waals surface area contributed by atoms with Crippen LogP contribution in [0.25, 0.3) is 0 Å². The van der Waals surface area contributed by atoms with E-state index in [4.69, 9.17) is 9.47 Å². The Kier molecular flexibility index (Phi) is 4.92. The Morgan fingerprint density at radius 1 is 1.00 bits per heavy atom. The minimum Gasteiger partial charge on any atom is -0.497 e. The van der Waals surface area contributed by atoms with Crippen LogP contribution >= 0.6 is 0 Å². The third-order valence-electron chi connectivity index (χ3n) is 4.68. The first-order valence-electron chi connectivity index (χ1n) is 8.43. The molecule has 2 fully saturated rings. The Morgan fingerprint density at radius 2 is 1.58 bits per heavy atom. The first-order valence-corrected chi connectivity index (χ1v) is 8.43. The van der Waals surface area contributed by atoms with Crippen molar-refractivity contribution in [2.24, 2.45) is 5.92 Å². The summed E-state index contributed by atoms with van der Waals surface area (Å²) in [6.45, 7) is 1.45. The molecule has 6 nitrogen and oxygen atoms in total. The van der Waals surface area contributed by atoms with Crippen molar-refractivity contribution in [1.82, 2.24) is 10.2 Å². The predicted octanol–water partition coefficient (Wildman–Crippen LogP) is 1.83. The fourth-order valence-electron chi connectivity index (χ4n) is 3.04. The molecule has 0 radical (unpaired) electrons. The number of carbonyl (C=O) groups is 2. The van der Waals surface area contributed by atoms with Crippen LogP contribution in [0.5, 0.6) is 11.5 Å². The number of amides is 2. The van der Waals surface area contributed by atoms with Gasteiger partial charge in [0.25, 0.3) is 5.91 Å². The van der Waals surface area contributed by atoms with E-state index in [0.29, 0.717) is 17.1 Å². The van der Waals surface area contributed by atoms with E-state index in [1.54, 1.807) is 32.4 Å². The molecule has 1 aliphatic carbocycles. The largest absolute Gasteiger partial charge is 0.497 e. The van der Waals surface area contributed by atoms with Gasteiger partial charge < -0.3 is 19.7 Å². The third-order valence-corrected chi connectivity index (χ3v) is 4.68. The normalized spacial score (nSPS) is 18.2. The number of nitrogens with zero attached hydrogens (tertiary/aromatic N) is 1. The summed E-state index contributed by atoms with van der Waals surface area (Å²) < 4.78 is 10.4. The van der Waals surface area contributed by atoms with Gasteiger partial charge in [0, 0.05) is 36.7 Å². The standard InChI is InChI=1S/C18H24N2O4/c1-23-15-9-13(10-16(11-15)24-2)17(21)19-14-5-7-20(8-6-14)18(22)12-3-4-12/h9-12,14H,3-8H2,1-2H3,(H,19,21). The van der Waals surface area contributed by atoms with Crippen molar-refractivity contribution < 1.29 is 19.1 Å². The van der Waals surface area contributed by atoms with E-state index in [1.165, 1.54) is 0 Å². The van der Waals surface area contributed by atoms with E-state index in [1.807, 2.05) is 4.90 Å². The summed E-state index contributed by atoms with van der Waals surface area (Å²) in [6, 6.07) is 5.23. The van der Waals surface area contributed by atoms with Gasteiger partial charge in [-0.25, -0.2) is 0 Å². The van der Waals surface area contributed by atoms with Gasteiger partial charge in [-0.2, -0.15) is 0 Å². The van der Waals surface area contributed by atoms with Crippen LogP contribution in [0.1, 0.15) is 36.0 Å². The van der Waals surface area contributed by atoms with Gasteiger partial charge in [0.05, 0.1) is 14.2 Å². The second-order valence-electron chi connectivity index (χ2n) is 6.45. The van der Waals surface area contributed by atoms with E-state index < -0.39 is 0 Å². The predicted molar refractivity (Wildman–Crippen MR) is 89.3 cm³/mol. The first-order chi connectivity index (χ1) is 11.6. The first kappa shape index (κ1) is 16.6. The highest BCUT2D eigenvalue weighted by molar-refractivity contribution is 5.95. The van der Waals surface area contributed by atoms with E-state index in [2.05, 4.69) is 5.32 Å². The van der Waals surface area contributed by atoms with Crippen LogP contribution in [0.4, 0.5) is 0 Å². The molecule has 0 aromatic heterocycles. The second kappa shape index (κ2) is 7.11. The van der Waals surface area contributed by atoms with Gasteiger partial charge >= 0.3 is 0 Å². The molecule has 1 N–H and O–H groups in total. The molecular weight excluding hydrogens is 308 g/mol. The van der Waals surface area contributed by atoms with E-state index in [0.717, 1.165) is 38.8 Å². The molecule has 0 atom stereocenters. The summed E-state index contributed by atoms with van der Waals surface area (Å²) in [5.74, 6) is 1.59. The molecule has 1 saturated carbocycles. The molecular formula is C18H24N2O4. The zero-order chi connectivity index (χ0) is 17.1. The van der Waals surface area contributed by atoms with Crippen LogP contribution in [0, 0.1) is 5.92 Å². The maximum atomic E-state index is 12.5. The maximum Gasteiger partial charge on any atom is 0.251 e. The molecule has 1 heterocycles. The number of likely N-dealkylation sites (tertiary alicyclic amines) is 1. The monoisotopic (exact) mass is 332 g/mol. The average molecular weight is 332 g/mol. The summed E-state index contributed by atoms with van der Waals surface area (Å²) in [5, 5.41) is 3.05. The minimum absolute atomic E-state index is 0.0953. The summed E-state index contributed by atoms with van der Waals surface area (Å²) in [7, 11) is 3.12. The Hall–Kier alpha value is -2.24. The lowest BCUT2D eigenvalue weighted by atomic mass is 10.0. The fraction of sp³-hybridized carbons (Fsp3) is 0.556. The van der Waals surface area contributed by atoms with Gasteiger partial charge in [-0.15, -0.1) is 0 Å². The summed E-state index contributed by atoms with van der Waals surface area (Å²) in [6.07, 6.45) is 3.66. The molecule has 1 saturated heterocycles. The van der Waals surface area contributed by atoms with E-state index in [9.17, 15) is 9.59 Å². The average Bonchev–Trinajstić information content (AvgIpc) is 3.46. The minimum atomic E-state index is -0.140. The molecule has 6 heteroatoms. The summed E-state index contributed by atoms with van der Waals surface area (Å²) in [5.41, 5.74) is 0.516. The molecule has 24 heavy (non-hydrogen) atoms. The Bertz CT molecular complexity index is 597. The quantitative estimate of drug-likeness (QED) is 0.893. The number of hydrogen-bond acceptors (Lipinski definition) is 4. The molecule has 0 spiro atoms. The zero-order valence-corrected chi connectivity index (χ0v) is 14.2. The number of benzene rings is 1. The zero-order valence-electron chi connectivity index (χ0n) is 14.2. The molecule has 0 unspecified atom stereocenters. The van der Waals surface area contributed by atoms with Crippen LogP contribution in [0.2, 0.25) is 0 Å². The van der Waals surface area contributed by atoms with Gasteiger partial charge in [-0.1, -0.05) is 0 Å². The lowest BCUT2D eigenvalue weighted by Gasteiger charge is -2.32. The van der Waals surface area contributed by atoms with Crippen molar-refractivity contribution in [3.8, 4) is 11.5 Å². The number of hydrogen-bond donors (Lipinski definition) is 1. The topological polar surface area (TPSA) is 67.9 Å². The summed E-state index contributed by atoms with van der Waals surface area (Å²) >= 11 is 0. The van der Waals surface area contributed by atoms with Crippen molar-refractivity contribution >= 4 is 11.8 Å². The number of methoxy groups -OCH3 is 2. The summed E-state index contributed by atoms with van der Waals surface area (Å²) in [4.78, 5) is 26.5. The number of carbonyl (C=O) groups excluding carboxylic acids is 2. The van der Waals surface area contributed by atoms with E-state index >= 15 is 0 Å². The van der Waals surface area contributed by atoms with Crippen LogP contribution < -0.4 is 14.8 Å². The van der Waals surface area contributed by atoms with Gasteiger partial charge in [0.2, 0.25) is 5.91 Å². The highest BCUT2D eigenvalue weighted by Crippen LogP contribution is 2.32. The molecule has 3 rings (SSSR count). The van der Waals surface area contributed by atoms with Crippen LogP contribution in [0.3, 0.4) is 0 Å². The molecule has 1 aromatic rings. The van der Waals surface area contributed by atoms with Crippen molar-refractivity contribution in [2.75, 3.05) is 27.3 Å². The van der Waals surface area contributed by atoms with Crippen LogP contribution in [-0.2, 0) is 4.79 Å². The molecule has 1 aliphatic heterocycles. The fourth-order valence-corrected chi connectivity index (χ4v) is 3.04. The molecule has 0 bridgehead atoms. The number of nitrogens with one attached hydrogen (secondary N) is 1. The number of piperidine rings is 1. The van der Waals surface area contributed by atoms with E-state index in [-0.39, 0.29) is 23.8 Å². The Balaban J connectivity index is 1.56. The maximum absolute atomic E-state index is 12.5. The molecule has 1 aromatic carbocycles. The molecule has 2 aliphatic rings. The molecule has 2 amide bonds. The van der Waals surface area contributed by atoms with Gasteiger partial charge in [-0.3, -0.25) is 9.59 Å². The lowest BCUT2D eigenvalue weighted by Crippen LogP contribution is -2.47. The van der Waals surface area contributed by atoms with Crippen molar-refractivity contribution in [1.29, 1.82) is 0 Å². The van der Waals surface area contributed by atoms with Gasteiger partial charge in [0.1, 0.15) is 11.5 Å². The SMILES string of the molecule is COc1cc(OC)cc(C(=O)NC2CCN(C(=O)C3CC3)CC2)c1. The number of rotatable bonds is 5.